The number of carbonyl (C=O) groups is 1. The summed E-state index contributed by atoms with van der Waals surface area (Å²) in [5, 5.41) is 4.11. The predicted molar refractivity (Wildman–Crippen MR) is 74.8 cm³/mol. The van der Waals surface area contributed by atoms with Crippen molar-refractivity contribution in [2.45, 2.75) is 49.5 Å². The summed E-state index contributed by atoms with van der Waals surface area (Å²) in [5.41, 5.74) is 0. The third-order valence-corrected chi connectivity index (χ3v) is 6.49. The Morgan fingerprint density at radius 3 is 2.57 bits per heavy atom. The zero-order valence-electron chi connectivity index (χ0n) is 11.7. The number of nitrogens with one attached hydrogen (secondary N) is 1. The van der Waals surface area contributed by atoms with Crippen molar-refractivity contribution in [1.82, 2.24) is 14.5 Å². The maximum Gasteiger partial charge on any atom is 0.267 e. The van der Waals surface area contributed by atoms with Crippen molar-refractivity contribution in [1.29, 1.82) is 0 Å². The quantitative estimate of drug-likeness (QED) is 0.913. The van der Waals surface area contributed by atoms with Crippen LogP contribution in [-0.4, -0.2) is 24.1 Å². The van der Waals surface area contributed by atoms with Crippen LogP contribution in [0.4, 0.5) is 0 Å². The molecular formula is C14H19N3O3S. The summed E-state index contributed by atoms with van der Waals surface area (Å²) in [7, 11) is -3.78. The van der Waals surface area contributed by atoms with Crippen LogP contribution in [0, 0.1) is 17.8 Å². The van der Waals surface area contributed by atoms with Gasteiger partial charge in [0.2, 0.25) is 5.91 Å². The van der Waals surface area contributed by atoms with Gasteiger partial charge in [-0.15, -0.1) is 0 Å². The van der Waals surface area contributed by atoms with Gasteiger partial charge in [0.05, 0.1) is 12.2 Å². The summed E-state index contributed by atoms with van der Waals surface area (Å²) in [6, 6.07) is 0.312. The Labute approximate surface area is 124 Å². The van der Waals surface area contributed by atoms with Crippen LogP contribution < -0.4 is 4.72 Å². The number of nitrogens with zero attached hydrogens (tertiary/aromatic N) is 2. The van der Waals surface area contributed by atoms with E-state index in [2.05, 4.69) is 9.82 Å². The van der Waals surface area contributed by atoms with Crippen molar-refractivity contribution in [2.24, 2.45) is 17.8 Å². The lowest BCUT2D eigenvalue weighted by Gasteiger charge is -2.25. The Morgan fingerprint density at radius 1 is 1.24 bits per heavy atom. The Kier molecular flexibility index (Phi) is 2.89. The number of sulfonamides is 1. The number of aromatic nitrogens is 2. The molecule has 3 saturated carbocycles. The van der Waals surface area contributed by atoms with E-state index < -0.39 is 10.0 Å². The Morgan fingerprint density at radius 2 is 1.95 bits per heavy atom. The van der Waals surface area contributed by atoms with Crippen molar-refractivity contribution in [3.8, 4) is 0 Å². The minimum absolute atomic E-state index is 0.0888. The summed E-state index contributed by atoms with van der Waals surface area (Å²) in [4.78, 5) is 12.2. The predicted octanol–water partition coefficient (Wildman–Crippen LogP) is 1.46. The minimum atomic E-state index is -3.78. The molecule has 1 unspecified atom stereocenters. The highest BCUT2D eigenvalue weighted by Crippen LogP contribution is 2.54. The van der Waals surface area contributed by atoms with Crippen LogP contribution in [0.5, 0.6) is 0 Å². The summed E-state index contributed by atoms with van der Waals surface area (Å²) in [5.74, 6) is 0.832. The van der Waals surface area contributed by atoms with Crippen molar-refractivity contribution < 1.29 is 13.2 Å². The number of fused-ring (bicyclic) bond motifs is 1. The molecule has 0 aromatic carbocycles. The molecule has 1 heterocycles. The molecule has 7 heteroatoms. The van der Waals surface area contributed by atoms with E-state index in [4.69, 9.17) is 0 Å². The van der Waals surface area contributed by atoms with E-state index in [9.17, 15) is 13.2 Å². The van der Waals surface area contributed by atoms with E-state index >= 15 is 0 Å². The summed E-state index contributed by atoms with van der Waals surface area (Å²) in [6.45, 7) is 0. The van der Waals surface area contributed by atoms with E-state index in [0.717, 1.165) is 32.1 Å². The lowest BCUT2D eigenvalue weighted by molar-refractivity contribution is -0.123. The standard InChI is InChI=1S/C14H19N3O3S/c18-14(11-5-9-4-10(9)6-11)16-21(19,20)13-7-15-17(8-13)12-2-1-3-12/h7-12H,1-6H2,(H,16,18)/t9-,10+,11?. The Hall–Kier alpha value is -1.37. The highest BCUT2D eigenvalue weighted by Gasteiger charge is 2.48. The third-order valence-electron chi connectivity index (χ3n) is 5.19. The molecule has 1 N–H and O–H groups in total. The van der Waals surface area contributed by atoms with Gasteiger partial charge >= 0.3 is 0 Å². The number of hydrogen-bond acceptors (Lipinski definition) is 4. The number of hydrogen-bond donors (Lipinski definition) is 1. The zero-order chi connectivity index (χ0) is 14.6. The minimum Gasteiger partial charge on any atom is -0.274 e. The van der Waals surface area contributed by atoms with Crippen LogP contribution in [0.2, 0.25) is 0 Å². The Bertz CT molecular complexity index is 667. The van der Waals surface area contributed by atoms with Gasteiger partial charge in [0.1, 0.15) is 4.90 Å². The molecule has 3 atom stereocenters. The highest BCUT2D eigenvalue weighted by molar-refractivity contribution is 7.90. The molecule has 3 aliphatic carbocycles. The normalized spacial score (nSPS) is 31.5. The van der Waals surface area contributed by atoms with Gasteiger partial charge in [-0.3, -0.25) is 9.48 Å². The first-order chi connectivity index (χ1) is 10.0. The van der Waals surface area contributed by atoms with Gasteiger partial charge < -0.3 is 0 Å². The molecule has 0 spiro atoms. The molecule has 6 nitrogen and oxygen atoms in total. The molecule has 1 aromatic rings. The molecule has 0 aliphatic heterocycles. The van der Waals surface area contributed by atoms with E-state index in [1.165, 1.54) is 18.8 Å². The van der Waals surface area contributed by atoms with Crippen LogP contribution in [0.3, 0.4) is 0 Å². The Balaban J connectivity index is 1.45. The highest BCUT2D eigenvalue weighted by atomic mass is 32.2. The topological polar surface area (TPSA) is 81.1 Å². The van der Waals surface area contributed by atoms with Gasteiger partial charge in [0.15, 0.2) is 0 Å². The van der Waals surface area contributed by atoms with Crippen molar-refractivity contribution >= 4 is 15.9 Å². The molecule has 21 heavy (non-hydrogen) atoms. The summed E-state index contributed by atoms with van der Waals surface area (Å²) >= 11 is 0. The van der Waals surface area contributed by atoms with E-state index in [-0.39, 0.29) is 16.7 Å². The van der Waals surface area contributed by atoms with E-state index in [1.807, 2.05) is 0 Å². The van der Waals surface area contributed by atoms with Crippen LogP contribution >= 0.6 is 0 Å². The van der Waals surface area contributed by atoms with Gasteiger partial charge in [-0.1, -0.05) is 0 Å². The average Bonchev–Trinajstić information content (AvgIpc) is 2.79. The smallest absolute Gasteiger partial charge is 0.267 e. The molecule has 1 amide bonds. The molecule has 0 bridgehead atoms. The maximum atomic E-state index is 12.2. The van der Waals surface area contributed by atoms with Crippen LogP contribution in [-0.2, 0) is 14.8 Å². The second-order valence-electron chi connectivity index (χ2n) is 6.63. The number of carbonyl (C=O) groups excluding carboxylic acids is 1. The molecule has 0 saturated heterocycles. The van der Waals surface area contributed by atoms with Gasteiger partial charge in [-0.2, -0.15) is 5.10 Å². The van der Waals surface area contributed by atoms with Crippen LogP contribution in [0.1, 0.15) is 44.6 Å². The monoisotopic (exact) mass is 309 g/mol. The molecule has 114 valence electrons. The lowest BCUT2D eigenvalue weighted by atomic mass is 9.93. The fourth-order valence-electron chi connectivity index (χ4n) is 3.51. The first-order valence-corrected chi connectivity index (χ1v) is 9.12. The largest absolute Gasteiger partial charge is 0.274 e. The van der Waals surface area contributed by atoms with Gasteiger partial charge in [0.25, 0.3) is 10.0 Å². The molecule has 3 aliphatic rings. The molecule has 0 radical (unpaired) electrons. The lowest BCUT2D eigenvalue weighted by Crippen LogP contribution is -2.35. The second kappa shape index (κ2) is 4.56. The molecule has 4 rings (SSSR count). The fourth-order valence-corrected chi connectivity index (χ4v) is 4.50. The number of amides is 1. The second-order valence-corrected chi connectivity index (χ2v) is 8.32. The first kappa shape index (κ1) is 13.3. The third kappa shape index (κ3) is 2.37. The van der Waals surface area contributed by atoms with Crippen molar-refractivity contribution in [3.05, 3.63) is 12.4 Å². The molecular weight excluding hydrogens is 290 g/mol. The average molecular weight is 309 g/mol. The van der Waals surface area contributed by atoms with E-state index in [0.29, 0.717) is 17.9 Å². The maximum absolute atomic E-state index is 12.2. The van der Waals surface area contributed by atoms with Crippen LogP contribution in [0.25, 0.3) is 0 Å². The van der Waals surface area contributed by atoms with E-state index in [1.54, 1.807) is 4.68 Å². The number of rotatable bonds is 4. The van der Waals surface area contributed by atoms with Gasteiger partial charge in [0, 0.05) is 12.1 Å². The molecule has 3 fully saturated rings. The molecule has 1 aromatic heterocycles. The summed E-state index contributed by atoms with van der Waals surface area (Å²) < 4.78 is 28.4. The van der Waals surface area contributed by atoms with Crippen molar-refractivity contribution in [2.75, 3.05) is 0 Å². The first-order valence-electron chi connectivity index (χ1n) is 7.64. The van der Waals surface area contributed by atoms with Crippen LogP contribution in [0.15, 0.2) is 17.3 Å². The van der Waals surface area contributed by atoms with Gasteiger partial charge in [-0.05, 0) is 50.4 Å². The summed E-state index contributed by atoms with van der Waals surface area (Å²) in [6.07, 6.45) is 9.00. The fraction of sp³-hybridized carbons (Fsp3) is 0.714. The van der Waals surface area contributed by atoms with Crippen molar-refractivity contribution in [3.63, 3.8) is 0 Å². The van der Waals surface area contributed by atoms with Gasteiger partial charge in [-0.25, -0.2) is 13.1 Å². The SMILES string of the molecule is O=C(NS(=O)(=O)c1cnn(C2CCC2)c1)C1C[C@@H]2C[C@@H]2C1. The zero-order valence-corrected chi connectivity index (χ0v) is 12.6.